The van der Waals surface area contributed by atoms with Gasteiger partial charge >= 0.3 is 0 Å². The molecule has 9 heteroatoms. The van der Waals surface area contributed by atoms with Crippen molar-refractivity contribution in [1.29, 1.82) is 0 Å². The topological polar surface area (TPSA) is 74.3 Å². The van der Waals surface area contributed by atoms with Gasteiger partial charge in [0.15, 0.2) is 16.8 Å². The number of aryl methyl sites for hydroxylation is 1. The quantitative estimate of drug-likeness (QED) is 0.418. The van der Waals surface area contributed by atoms with Crippen LogP contribution in [0.1, 0.15) is 36.0 Å². The van der Waals surface area contributed by atoms with E-state index in [1.807, 2.05) is 48.7 Å². The number of hydrogen-bond donors (Lipinski definition) is 0. The van der Waals surface area contributed by atoms with Crippen LogP contribution >= 0.6 is 23.1 Å². The van der Waals surface area contributed by atoms with Crippen LogP contribution in [0.2, 0.25) is 0 Å². The Morgan fingerprint density at radius 1 is 1.17 bits per heavy atom. The molecular weight excluding hydrogens is 414 g/mol. The third kappa shape index (κ3) is 3.67. The van der Waals surface area contributed by atoms with Crippen molar-refractivity contribution >= 4 is 23.1 Å². The first-order valence-corrected chi connectivity index (χ1v) is 12.0. The highest BCUT2D eigenvalue weighted by Gasteiger charge is 2.22. The second kappa shape index (κ2) is 8.31. The smallest absolute Gasteiger partial charge is 0.191 e. The van der Waals surface area contributed by atoms with E-state index in [4.69, 9.17) is 0 Å². The van der Waals surface area contributed by atoms with Gasteiger partial charge in [-0.1, -0.05) is 43.3 Å². The highest BCUT2D eigenvalue weighted by molar-refractivity contribution is 7.98. The van der Waals surface area contributed by atoms with E-state index in [0.717, 1.165) is 28.4 Å². The molecule has 7 nitrogen and oxygen atoms in total. The second-order valence-electron chi connectivity index (χ2n) is 7.57. The van der Waals surface area contributed by atoms with Crippen molar-refractivity contribution in [3.8, 4) is 16.4 Å². The van der Waals surface area contributed by atoms with Gasteiger partial charge in [0.05, 0.1) is 16.3 Å². The molecule has 1 aromatic carbocycles. The molecule has 154 valence electrons. The lowest BCUT2D eigenvalue weighted by atomic mass is 9.87. The molecule has 0 saturated heterocycles. The lowest BCUT2D eigenvalue weighted by Gasteiger charge is -2.19. The van der Waals surface area contributed by atoms with E-state index in [2.05, 4.69) is 43.3 Å². The molecule has 3 aromatic heterocycles. The van der Waals surface area contributed by atoms with Crippen LogP contribution in [0.5, 0.6) is 0 Å². The number of hydrogen-bond acceptors (Lipinski definition) is 7. The molecule has 0 aliphatic heterocycles. The molecule has 0 saturated carbocycles. The number of para-hydroxylation sites is 1. The van der Waals surface area contributed by atoms with Crippen LogP contribution in [0.25, 0.3) is 16.4 Å². The van der Waals surface area contributed by atoms with Gasteiger partial charge < -0.3 is 4.57 Å². The van der Waals surface area contributed by atoms with E-state index in [1.165, 1.54) is 41.0 Å². The maximum atomic E-state index is 4.49. The molecule has 0 fully saturated rings. The van der Waals surface area contributed by atoms with Gasteiger partial charge in [-0.25, -0.2) is 0 Å². The number of thioether (sulfide) groups is 1. The number of tetrazole rings is 1. The van der Waals surface area contributed by atoms with Crippen molar-refractivity contribution in [2.24, 2.45) is 13.0 Å². The zero-order chi connectivity index (χ0) is 20.5. The fourth-order valence-electron chi connectivity index (χ4n) is 3.91. The van der Waals surface area contributed by atoms with E-state index in [1.54, 1.807) is 16.4 Å². The molecule has 1 unspecified atom stereocenters. The van der Waals surface area contributed by atoms with E-state index >= 15 is 0 Å². The molecule has 3 heterocycles. The maximum absolute atomic E-state index is 4.49. The Morgan fingerprint density at radius 3 is 2.87 bits per heavy atom. The van der Waals surface area contributed by atoms with Crippen LogP contribution in [0, 0.1) is 5.92 Å². The Hall–Kier alpha value is -2.52. The van der Waals surface area contributed by atoms with E-state index in [9.17, 15) is 0 Å². The number of nitrogens with zero attached hydrogens (tertiary/aromatic N) is 7. The summed E-state index contributed by atoms with van der Waals surface area (Å²) in [5.41, 5.74) is 2.46. The van der Waals surface area contributed by atoms with Crippen molar-refractivity contribution in [1.82, 2.24) is 35.0 Å². The van der Waals surface area contributed by atoms with Crippen molar-refractivity contribution < 1.29 is 0 Å². The minimum Gasteiger partial charge on any atom is -0.304 e. The molecule has 0 spiro atoms. The van der Waals surface area contributed by atoms with Crippen LogP contribution in [-0.2, 0) is 25.6 Å². The Balaban J connectivity index is 1.33. The maximum Gasteiger partial charge on any atom is 0.191 e. The number of rotatable bonds is 6. The van der Waals surface area contributed by atoms with Crippen molar-refractivity contribution in [3.05, 3.63) is 52.7 Å². The molecule has 1 aliphatic rings. The zero-order valence-electron chi connectivity index (χ0n) is 17.0. The minimum atomic E-state index is 0.618. The normalized spacial score (nSPS) is 16.0. The van der Waals surface area contributed by atoms with Crippen molar-refractivity contribution in [2.75, 3.05) is 0 Å². The predicted molar refractivity (Wildman–Crippen MR) is 119 cm³/mol. The highest BCUT2D eigenvalue weighted by Crippen LogP contribution is 2.38. The molecule has 1 aliphatic carbocycles. The summed E-state index contributed by atoms with van der Waals surface area (Å²) < 4.78 is 3.84. The number of thiophene rings is 1. The fraction of sp³-hybridized carbons (Fsp3) is 0.381. The largest absolute Gasteiger partial charge is 0.304 e. The summed E-state index contributed by atoms with van der Waals surface area (Å²) in [6.07, 6.45) is 4.96. The molecule has 0 amide bonds. The van der Waals surface area contributed by atoms with Crippen LogP contribution < -0.4 is 0 Å². The summed E-state index contributed by atoms with van der Waals surface area (Å²) in [6.45, 7) is 2.29. The van der Waals surface area contributed by atoms with Crippen molar-refractivity contribution in [2.45, 2.75) is 43.5 Å². The number of benzene rings is 1. The van der Waals surface area contributed by atoms with Gasteiger partial charge in [-0.15, -0.1) is 26.6 Å². The van der Waals surface area contributed by atoms with Gasteiger partial charge in [-0.3, -0.25) is 0 Å². The summed E-state index contributed by atoms with van der Waals surface area (Å²) in [4.78, 5) is 2.74. The standard InChI is InChI=1S/C21H23N7S2/c1-3-14-9-10-17-15(11-14)12-18(30-17)20-23-24-21(27(20)2)29-13-19-22-25-26-28(19)16-7-5-4-6-8-16/h4-8,12,14H,3,9-11,13H2,1-2H3. The molecule has 30 heavy (non-hydrogen) atoms. The number of fused-ring (bicyclic) bond motifs is 1. The summed E-state index contributed by atoms with van der Waals surface area (Å²) >= 11 is 3.47. The van der Waals surface area contributed by atoms with E-state index in [-0.39, 0.29) is 0 Å². The molecular formula is C21H23N7S2. The number of aromatic nitrogens is 7. The first kappa shape index (κ1) is 19.4. The van der Waals surface area contributed by atoms with Gasteiger partial charge in [-0.05, 0) is 59.4 Å². The van der Waals surface area contributed by atoms with Gasteiger partial charge in [0.1, 0.15) is 0 Å². The summed E-state index contributed by atoms with van der Waals surface area (Å²) in [5.74, 6) is 3.16. The predicted octanol–water partition coefficient (Wildman–Crippen LogP) is 4.33. The van der Waals surface area contributed by atoms with Gasteiger partial charge in [0.2, 0.25) is 0 Å². The Bertz CT molecular complexity index is 1150. The van der Waals surface area contributed by atoms with Gasteiger partial charge in [0, 0.05) is 11.9 Å². The Labute approximate surface area is 183 Å². The van der Waals surface area contributed by atoms with Crippen LogP contribution in [0.15, 0.2) is 41.6 Å². The molecule has 0 radical (unpaired) electrons. The van der Waals surface area contributed by atoms with Crippen LogP contribution in [-0.4, -0.2) is 35.0 Å². The minimum absolute atomic E-state index is 0.618. The van der Waals surface area contributed by atoms with Gasteiger partial charge in [-0.2, -0.15) is 4.68 Å². The average Bonchev–Trinajstić information content (AvgIpc) is 3.50. The first-order chi connectivity index (χ1) is 14.7. The SMILES string of the molecule is CCC1CCc2sc(-c3nnc(SCc4nnnn4-c4ccccc4)n3C)cc2C1. The summed E-state index contributed by atoms with van der Waals surface area (Å²) in [6, 6.07) is 12.3. The Kier molecular flexibility index (Phi) is 5.39. The van der Waals surface area contributed by atoms with Gasteiger partial charge in [0.25, 0.3) is 0 Å². The summed E-state index contributed by atoms with van der Waals surface area (Å²) in [7, 11) is 2.03. The fourth-order valence-corrected chi connectivity index (χ4v) is 5.95. The first-order valence-electron chi connectivity index (χ1n) is 10.2. The zero-order valence-corrected chi connectivity index (χ0v) is 18.7. The second-order valence-corrected chi connectivity index (χ2v) is 9.65. The van der Waals surface area contributed by atoms with E-state index < -0.39 is 0 Å². The molecule has 4 aromatic rings. The third-order valence-electron chi connectivity index (χ3n) is 5.68. The molecule has 1 atom stereocenters. The molecule has 5 rings (SSSR count). The Morgan fingerprint density at radius 2 is 2.03 bits per heavy atom. The lowest BCUT2D eigenvalue weighted by molar-refractivity contribution is 0.449. The summed E-state index contributed by atoms with van der Waals surface area (Å²) in [5, 5.41) is 22.0. The highest BCUT2D eigenvalue weighted by atomic mass is 32.2. The molecule has 0 N–H and O–H groups in total. The van der Waals surface area contributed by atoms with E-state index in [0.29, 0.717) is 5.75 Å². The molecule has 0 bridgehead atoms. The lowest BCUT2D eigenvalue weighted by Crippen LogP contribution is -2.10. The van der Waals surface area contributed by atoms with Crippen LogP contribution in [0.4, 0.5) is 0 Å². The third-order valence-corrected chi connectivity index (χ3v) is 7.93. The average molecular weight is 438 g/mol. The van der Waals surface area contributed by atoms with Crippen LogP contribution in [0.3, 0.4) is 0 Å². The van der Waals surface area contributed by atoms with Crippen molar-refractivity contribution in [3.63, 3.8) is 0 Å². The monoisotopic (exact) mass is 437 g/mol.